The standard InChI is InChI=1S/C19H25F3N4O5S/c1-23-15-11-16(25-6-8-32(30,31)9-7-25)14(10-17(15)26(28)29)18(27)24-13-4-2-12(3-5-13)19(20,21)22/h10-13,23H,2-9H2,1H3,(H,24,27). The SMILES string of the molecule is CNc1cc(N2CCS(=O)(=O)CC2)c(C(=O)NC2CCC(C(F)(F)F)CC2)cc1[N+](=O)[O-]. The van der Waals surface area contributed by atoms with Crippen molar-refractivity contribution >= 4 is 32.8 Å². The first-order valence-electron chi connectivity index (χ1n) is 10.2. The zero-order valence-corrected chi connectivity index (χ0v) is 18.3. The van der Waals surface area contributed by atoms with Crippen LogP contribution in [0.1, 0.15) is 36.0 Å². The van der Waals surface area contributed by atoms with Crippen molar-refractivity contribution in [1.82, 2.24) is 5.32 Å². The van der Waals surface area contributed by atoms with Crippen LogP contribution in [-0.2, 0) is 9.84 Å². The fourth-order valence-electron chi connectivity index (χ4n) is 4.15. The number of anilines is 2. The molecule has 1 aliphatic carbocycles. The van der Waals surface area contributed by atoms with Gasteiger partial charge in [-0.05, 0) is 31.7 Å². The first-order chi connectivity index (χ1) is 14.9. The van der Waals surface area contributed by atoms with Gasteiger partial charge in [-0.25, -0.2) is 8.42 Å². The summed E-state index contributed by atoms with van der Waals surface area (Å²) in [5.74, 6) is -2.24. The number of carbonyl (C=O) groups excluding carboxylic acids is 1. The maximum atomic E-state index is 13.0. The third-order valence-electron chi connectivity index (χ3n) is 6.04. The molecule has 9 nitrogen and oxygen atoms in total. The van der Waals surface area contributed by atoms with Crippen molar-refractivity contribution in [2.75, 3.05) is 41.9 Å². The molecule has 0 aromatic heterocycles. The summed E-state index contributed by atoms with van der Waals surface area (Å²) >= 11 is 0. The lowest BCUT2D eigenvalue weighted by atomic mass is 9.85. The third kappa shape index (κ3) is 5.43. The molecule has 0 spiro atoms. The Hall–Kier alpha value is -2.57. The van der Waals surface area contributed by atoms with Crippen LogP contribution >= 0.6 is 0 Å². The fraction of sp³-hybridized carbons (Fsp3) is 0.632. The summed E-state index contributed by atoms with van der Waals surface area (Å²) in [5.41, 5.74) is 0.178. The highest BCUT2D eigenvalue weighted by atomic mass is 32.2. The van der Waals surface area contributed by atoms with Crippen molar-refractivity contribution in [3.05, 3.63) is 27.8 Å². The zero-order chi connectivity index (χ0) is 23.7. The second-order valence-electron chi connectivity index (χ2n) is 8.10. The van der Waals surface area contributed by atoms with Gasteiger partial charge in [0.2, 0.25) is 0 Å². The van der Waals surface area contributed by atoms with Crippen molar-refractivity contribution in [3.8, 4) is 0 Å². The Labute approximate surface area is 183 Å². The summed E-state index contributed by atoms with van der Waals surface area (Å²) in [4.78, 5) is 25.6. The van der Waals surface area contributed by atoms with Crippen molar-refractivity contribution in [2.24, 2.45) is 5.92 Å². The number of nitro benzene ring substituents is 1. The van der Waals surface area contributed by atoms with Gasteiger partial charge in [-0.2, -0.15) is 13.2 Å². The lowest BCUT2D eigenvalue weighted by molar-refractivity contribution is -0.384. The van der Waals surface area contributed by atoms with Gasteiger partial charge in [0.25, 0.3) is 11.6 Å². The molecule has 13 heteroatoms. The van der Waals surface area contributed by atoms with Crippen LogP contribution < -0.4 is 15.5 Å². The molecule has 2 aliphatic rings. The van der Waals surface area contributed by atoms with Crippen molar-refractivity contribution in [2.45, 2.75) is 37.9 Å². The number of halogens is 3. The van der Waals surface area contributed by atoms with Gasteiger partial charge in [0.15, 0.2) is 9.84 Å². The maximum absolute atomic E-state index is 13.0. The molecule has 32 heavy (non-hydrogen) atoms. The number of sulfone groups is 1. The van der Waals surface area contributed by atoms with Crippen LogP contribution in [0, 0.1) is 16.0 Å². The van der Waals surface area contributed by atoms with Gasteiger partial charge < -0.3 is 15.5 Å². The van der Waals surface area contributed by atoms with Gasteiger partial charge in [-0.15, -0.1) is 0 Å². The monoisotopic (exact) mass is 478 g/mol. The first kappa shape index (κ1) is 24.1. The number of amides is 1. The van der Waals surface area contributed by atoms with Crippen LogP contribution in [0.3, 0.4) is 0 Å². The number of hydrogen-bond acceptors (Lipinski definition) is 7. The topological polar surface area (TPSA) is 122 Å². The highest BCUT2D eigenvalue weighted by Gasteiger charge is 2.41. The van der Waals surface area contributed by atoms with Gasteiger partial charge >= 0.3 is 6.18 Å². The maximum Gasteiger partial charge on any atom is 0.391 e. The van der Waals surface area contributed by atoms with Crippen LogP contribution in [0.2, 0.25) is 0 Å². The Morgan fingerprint density at radius 3 is 2.25 bits per heavy atom. The molecule has 1 aromatic carbocycles. The summed E-state index contributed by atoms with van der Waals surface area (Å²) < 4.78 is 62.3. The summed E-state index contributed by atoms with van der Waals surface area (Å²) in [5, 5.41) is 16.9. The van der Waals surface area contributed by atoms with Crippen LogP contribution in [0.4, 0.5) is 30.2 Å². The Balaban J connectivity index is 1.85. The molecule has 1 saturated heterocycles. The van der Waals surface area contributed by atoms with E-state index in [0.717, 1.165) is 6.07 Å². The molecule has 1 amide bonds. The average Bonchev–Trinajstić information content (AvgIpc) is 2.72. The van der Waals surface area contributed by atoms with Crippen molar-refractivity contribution in [3.63, 3.8) is 0 Å². The van der Waals surface area contributed by atoms with Crippen molar-refractivity contribution < 1.29 is 31.3 Å². The summed E-state index contributed by atoms with van der Waals surface area (Å²) in [7, 11) is -1.70. The Bertz CT molecular complexity index is 977. The van der Waals surface area contributed by atoms with Gasteiger partial charge in [-0.3, -0.25) is 14.9 Å². The highest BCUT2D eigenvalue weighted by molar-refractivity contribution is 7.91. The Morgan fingerprint density at radius 1 is 1.16 bits per heavy atom. The van der Waals surface area contributed by atoms with Gasteiger partial charge in [-0.1, -0.05) is 0 Å². The van der Waals surface area contributed by atoms with E-state index in [1.54, 1.807) is 4.90 Å². The van der Waals surface area contributed by atoms with Gasteiger partial charge in [0, 0.05) is 32.2 Å². The van der Waals surface area contributed by atoms with Crippen LogP contribution in [0.25, 0.3) is 0 Å². The first-order valence-corrected chi connectivity index (χ1v) is 12.1. The molecule has 1 saturated carbocycles. The lowest BCUT2D eigenvalue weighted by Gasteiger charge is -2.32. The minimum Gasteiger partial charge on any atom is -0.383 e. The van der Waals surface area contributed by atoms with Gasteiger partial charge in [0.1, 0.15) is 5.69 Å². The zero-order valence-electron chi connectivity index (χ0n) is 17.4. The van der Waals surface area contributed by atoms with E-state index in [0.29, 0.717) is 5.69 Å². The number of benzene rings is 1. The second kappa shape index (κ2) is 9.12. The van der Waals surface area contributed by atoms with Crippen molar-refractivity contribution in [1.29, 1.82) is 0 Å². The minimum atomic E-state index is -4.26. The molecule has 0 bridgehead atoms. The summed E-state index contributed by atoms with van der Waals surface area (Å²) in [6.45, 7) is 0.251. The minimum absolute atomic E-state index is 0.00653. The molecule has 2 fully saturated rings. The van der Waals surface area contributed by atoms with Crippen LogP contribution in [-0.4, -0.2) is 63.1 Å². The molecule has 0 radical (unpaired) electrons. The number of hydrogen-bond donors (Lipinski definition) is 2. The van der Waals surface area contributed by atoms with E-state index in [1.807, 2.05) is 0 Å². The molecule has 2 N–H and O–H groups in total. The van der Waals surface area contributed by atoms with E-state index in [4.69, 9.17) is 0 Å². The molecule has 0 unspecified atom stereocenters. The molecule has 1 heterocycles. The van der Waals surface area contributed by atoms with E-state index < -0.39 is 38.8 Å². The van der Waals surface area contributed by atoms with E-state index in [2.05, 4.69) is 10.6 Å². The Kier molecular flexibility index (Phi) is 6.86. The highest BCUT2D eigenvalue weighted by Crippen LogP contribution is 2.38. The number of alkyl halides is 3. The van der Waals surface area contributed by atoms with Gasteiger partial charge in [0.05, 0.1) is 33.6 Å². The van der Waals surface area contributed by atoms with E-state index in [1.165, 1.54) is 13.1 Å². The van der Waals surface area contributed by atoms with E-state index in [-0.39, 0.29) is 67.2 Å². The molecular weight excluding hydrogens is 453 g/mol. The summed E-state index contributed by atoms with van der Waals surface area (Å²) in [6, 6.07) is 2.09. The number of nitro groups is 1. The normalized spacial score (nSPS) is 23.4. The molecular formula is C19H25F3N4O5S. The molecule has 178 valence electrons. The van der Waals surface area contributed by atoms with E-state index in [9.17, 15) is 36.5 Å². The second-order valence-corrected chi connectivity index (χ2v) is 10.4. The molecule has 3 rings (SSSR count). The Morgan fingerprint density at radius 2 is 1.75 bits per heavy atom. The number of carbonyl (C=O) groups is 1. The molecule has 1 aromatic rings. The average molecular weight is 478 g/mol. The lowest BCUT2D eigenvalue weighted by Crippen LogP contribution is -2.43. The fourth-order valence-corrected chi connectivity index (χ4v) is 5.35. The van der Waals surface area contributed by atoms with Crippen LogP contribution in [0.5, 0.6) is 0 Å². The molecule has 0 atom stereocenters. The van der Waals surface area contributed by atoms with Crippen LogP contribution in [0.15, 0.2) is 12.1 Å². The quantitative estimate of drug-likeness (QED) is 0.493. The largest absolute Gasteiger partial charge is 0.391 e. The number of nitrogens with one attached hydrogen (secondary N) is 2. The van der Waals surface area contributed by atoms with E-state index >= 15 is 0 Å². The predicted molar refractivity (Wildman–Crippen MR) is 113 cm³/mol. The number of nitrogens with zero attached hydrogens (tertiary/aromatic N) is 2. The number of rotatable bonds is 5. The predicted octanol–water partition coefficient (Wildman–Crippen LogP) is 2.72. The summed E-state index contributed by atoms with van der Waals surface area (Å²) in [6.07, 6.45) is -4.14. The smallest absolute Gasteiger partial charge is 0.383 e. The third-order valence-corrected chi connectivity index (χ3v) is 7.64. The molecule has 1 aliphatic heterocycles.